The monoisotopic (exact) mass is 546 g/mol. The molecule has 2 aromatic carbocycles. The second kappa shape index (κ2) is 14.9. The number of carboxylic acids is 1. The Kier molecular flexibility index (Phi) is 12.3. The van der Waals surface area contributed by atoms with Crippen LogP contribution in [0.1, 0.15) is 66.6 Å². The van der Waals surface area contributed by atoms with Crippen LogP contribution in [-0.4, -0.2) is 39.9 Å². The van der Waals surface area contributed by atoms with E-state index in [4.69, 9.17) is 4.74 Å². The van der Waals surface area contributed by atoms with Crippen LogP contribution in [0.3, 0.4) is 0 Å². The molecule has 1 aliphatic carbocycles. The summed E-state index contributed by atoms with van der Waals surface area (Å²) < 4.78 is 6.15. The van der Waals surface area contributed by atoms with Gasteiger partial charge in [-0.15, -0.1) is 24.8 Å². The number of benzene rings is 2. The van der Waals surface area contributed by atoms with Crippen LogP contribution in [-0.2, 0) is 6.42 Å². The van der Waals surface area contributed by atoms with Gasteiger partial charge in [0.05, 0.1) is 12.2 Å². The van der Waals surface area contributed by atoms with Crippen LogP contribution in [0.4, 0.5) is 0 Å². The number of aliphatic hydroxyl groups excluding tert-OH is 1. The van der Waals surface area contributed by atoms with Crippen molar-refractivity contribution in [2.24, 2.45) is 0 Å². The van der Waals surface area contributed by atoms with E-state index in [0.717, 1.165) is 48.8 Å². The SMILES string of the molecule is C[C@H](Cc1ccc(-c2ccc(C(=O)O)c(OC3CCCCC3)c2)cc1)NC[C@H](O)c1cccnc1.Cl.Cl. The number of rotatable bonds is 10. The summed E-state index contributed by atoms with van der Waals surface area (Å²) in [6.45, 7) is 2.56. The van der Waals surface area contributed by atoms with Gasteiger partial charge in [0.1, 0.15) is 11.3 Å². The molecule has 1 heterocycles. The molecular formula is C29H36Cl2N2O4. The zero-order valence-corrected chi connectivity index (χ0v) is 22.6. The zero-order valence-electron chi connectivity index (χ0n) is 21.0. The summed E-state index contributed by atoms with van der Waals surface area (Å²) in [5.41, 5.74) is 4.16. The molecule has 1 fully saturated rings. The van der Waals surface area contributed by atoms with E-state index in [9.17, 15) is 15.0 Å². The third-order valence-electron chi connectivity index (χ3n) is 6.62. The van der Waals surface area contributed by atoms with E-state index in [1.165, 1.54) is 12.0 Å². The van der Waals surface area contributed by atoms with Crippen molar-refractivity contribution in [3.05, 3.63) is 83.7 Å². The molecule has 4 rings (SSSR count). The van der Waals surface area contributed by atoms with E-state index in [1.807, 2.05) is 24.3 Å². The first-order chi connectivity index (χ1) is 17.0. The normalized spacial score (nSPS) is 15.1. The quantitative estimate of drug-likeness (QED) is 0.278. The fraction of sp³-hybridized carbons (Fsp3) is 0.379. The van der Waals surface area contributed by atoms with Crippen molar-refractivity contribution in [2.75, 3.05) is 6.54 Å². The van der Waals surface area contributed by atoms with Crippen molar-refractivity contribution in [1.82, 2.24) is 10.3 Å². The van der Waals surface area contributed by atoms with Crippen molar-refractivity contribution in [1.29, 1.82) is 0 Å². The molecule has 3 aromatic rings. The van der Waals surface area contributed by atoms with Gasteiger partial charge in [-0.2, -0.15) is 0 Å². The summed E-state index contributed by atoms with van der Waals surface area (Å²) in [5, 5.41) is 23.3. The average molecular weight is 548 g/mol. The number of nitrogens with one attached hydrogen (secondary N) is 1. The molecule has 0 radical (unpaired) electrons. The molecule has 0 aliphatic heterocycles. The predicted molar refractivity (Wildman–Crippen MR) is 151 cm³/mol. The van der Waals surface area contributed by atoms with Crippen LogP contribution in [0.15, 0.2) is 67.0 Å². The highest BCUT2D eigenvalue weighted by molar-refractivity contribution is 5.92. The number of halogens is 2. The topological polar surface area (TPSA) is 91.7 Å². The molecule has 6 nitrogen and oxygen atoms in total. The first-order valence-corrected chi connectivity index (χ1v) is 12.4. The van der Waals surface area contributed by atoms with Crippen molar-refractivity contribution in [3.63, 3.8) is 0 Å². The second-order valence-electron chi connectivity index (χ2n) is 9.41. The zero-order chi connectivity index (χ0) is 24.6. The van der Waals surface area contributed by atoms with E-state index >= 15 is 0 Å². The Labute approximate surface area is 231 Å². The van der Waals surface area contributed by atoms with E-state index in [0.29, 0.717) is 12.3 Å². The highest BCUT2D eigenvalue weighted by Crippen LogP contribution is 2.31. The van der Waals surface area contributed by atoms with Gasteiger partial charge in [-0.25, -0.2) is 4.79 Å². The highest BCUT2D eigenvalue weighted by Gasteiger charge is 2.19. The maximum Gasteiger partial charge on any atom is 0.339 e. The number of carboxylic acid groups (broad SMARTS) is 1. The maximum atomic E-state index is 11.7. The molecule has 8 heteroatoms. The minimum atomic E-state index is -0.965. The molecule has 2 atom stereocenters. The number of hydrogen-bond acceptors (Lipinski definition) is 5. The van der Waals surface area contributed by atoms with Crippen LogP contribution in [0.25, 0.3) is 11.1 Å². The van der Waals surface area contributed by atoms with Crippen LogP contribution in [0.5, 0.6) is 5.75 Å². The predicted octanol–water partition coefficient (Wildman–Crippen LogP) is 6.26. The van der Waals surface area contributed by atoms with Crippen molar-refractivity contribution >= 4 is 30.8 Å². The molecule has 1 aliphatic rings. The van der Waals surface area contributed by atoms with E-state index in [1.54, 1.807) is 18.5 Å². The summed E-state index contributed by atoms with van der Waals surface area (Å²) in [6, 6.07) is 17.5. The number of nitrogens with zero attached hydrogens (tertiary/aromatic N) is 1. The Bertz CT molecular complexity index is 1110. The van der Waals surface area contributed by atoms with Crippen LogP contribution >= 0.6 is 24.8 Å². The van der Waals surface area contributed by atoms with Crippen molar-refractivity contribution in [3.8, 4) is 16.9 Å². The van der Waals surface area contributed by atoms with Gasteiger partial charge in [0.25, 0.3) is 0 Å². The second-order valence-corrected chi connectivity index (χ2v) is 9.41. The van der Waals surface area contributed by atoms with Gasteiger partial charge >= 0.3 is 5.97 Å². The number of aromatic carboxylic acids is 1. The van der Waals surface area contributed by atoms with Crippen LogP contribution in [0, 0.1) is 0 Å². The standard InChI is InChI=1S/C29H34N2O4.2ClH/c1-20(31-19-27(32)24-6-5-15-30-18-24)16-21-9-11-22(12-10-21)23-13-14-26(29(33)34)28(17-23)35-25-7-3-2-4-8-25;;/h5-6,9-15,17-18,20,25,27,31-32H,2-4,7-8,16,19H2,1H3,(H,33,34);2*1H/t20-,27+;;/m1../s1. The molecule has 1 aromatic heterocycles. The summed E-state index contributed by atoms with van der Waals surface area (Å²) >= 11 is 0. The van der Waals surface area contributed by atoms with Gasteiger partial charge in [0.2, 0.25) is 0 Å². The molecular weight excluding hydrogens is 511 g/mol. The Morgan fingerprint density at radius 1 is 1.05 bits per heavy atom. The Morgan fingerprint density at radius 3 is 2.41 bits per heavy atom. The number of hydrogen-bond donors (Lipinski definition) is 3. The average Bonchev–Trinajstić information content (AvgIpc) is 2.88. The lowest BCUT2D eigenvalue weighted by Gasteiger charge is -2.24. The third-order valence-corrected chi connectivity index (χ3v) is 6.62. The van der Waals surface area contributed by atoms with Gasteiger partial charge in [-0.1, -0.05) is 42.8 Å². The van der Waals surface area contributed by atoms with Crippen LogP contribution in [0.2, 0.25) is 0 Å². The summed E-state index contributed by atoms with van der Waals surface area (Å²) in [7, 11) is 0. The minimum Gasteiger partial charge on any atom is -0.490 e. The largest absolute Gasteiger partial charge is 0.490 e. The van der Waals surface area contributed by atoms with E-state index in [2.05, 4.69) is 41.5 Å². The van der Waals surface area contributed by atoms with Gasteiger partial charge in [-0.3, -0.25) is 4.98 Å². The Morgan fingerprint density at radius 2 is 1.76 bits per heavy atom. The van der Waals surface area contributed by atoms with E-state index in [-0.39, 0.29) is 42.5 Å². The lowest BCUT2D eigenvalue weighted by Crippen LogP contribution is -2.32. The first kappa shape index (κ1) is 30.6. The maximum absolute atomic E-state index is 11.7. The van der Waals surface area contributed by atoms with Gasteiger partial charge in [0, 0.05) is 30.5 Å². The molecule has 0 unspecified atom stereocenters. The number of aliphatic hydroxyl groups is 1. The smallest absolute Gasteiger partial charge is 0.339 e. The summed E-state index contributed by atoms with van der Waals surface area (Å²) in [5.74, 6) is -0.510. The molecule has 0 spiro atoms. The molecule has 0 saturated heterocycles. The number of pyridine rings is 1. The molecule has 0 bridgehead atoms. The first-order valence-electron chi connectivity index (χ1n) is 12.4. The fourth-order valence-electron chi connectivity index (χ4n) is 4.60. The van der Waals surface area contributed by atoms with Crippen molar-refractivity contribution in [2.45, 2.75) is 63.7 Å². The minimum absolute atomic E-state index is 0. The Hall–Kier alpha value is -2.64. The number of aromatic nitrogens is 1. The third kappa shape index (κ3) is 8.71. The molecule has 200 valence electrons. The van der Waals surface area contributed by atoms with Crippen molar-refractivity contribution < 1.29 is 19.7 Å². The lowest BCUT2D eigenvalue weighted by atomic mass is 9.97. The summed E-state index contributed by atoms with van der Waals surface area (Å²) in [4.78, 5) is 15.8. The summed E-state index contributed by atoms with van der Waals surface area (Å²) in [6.07, 6.45) is 9.13. The van der Waals surface area contributed by atoms with E-state index < -0.39 is 12.1 Å². The highest BCUT2D eigenvalue weighted by atomic mass is 35.5. The van der Waals surface area contributed by atoms with Gasteiger partial charge in [-0.05, 0) is 73.9 Å². The van der Waals surface area contributed by atoms with Crippen LogP contribution < -0.4 is 10.1 Å². The molecule has 0 amide bonds. The molecule has 3 N–H and O–H groups in total. The molecule has 37 heavy (non-hydrogen) atoms. The fourth-order valence-corrected chi connectivity index (χ4v) is 4.60. The van der Waals surface area contributed by atoms with Gasteiger partial charge < -0.3 is 20.3 Å². The lowest BCUT2D eigenvalue weighted by molar-refractivity contribution is 0.0686. The number of ether oxygens (including phenoxy) is 1. The Balaban J connectivity index is 0.00000241. The van der Waals surface area contributed by atoms with Gasteiger partial charge in [0.15, 0.2) is 0 Å². The number of carbonyl (C=O) groups is 1. The molecule has 1 saturated carbocycles.